The molecule has 0 aromatic carbocycles. The van der Waals surface area contributed by atoms with Crippen molar-refractivity contribution in [1.82, 2.24) is 0 Å². The first kappa shape index (κ1) is 27.2. The minimum absolute atomic E-state index is 0.0437. The van der Waals surface area contributed by atoms with Gasteiger partial charge in [-0.3, -0.25) is 4.79 Å². The number of carbonyl (C=O) groups excluding carboxylic acids is 1. The van der Waals surface area contributed by atoms with Crippen molar-refractivity contribution in [2.24, 2.45) is 22.7 Å². The second-order valence-corrected chi connectivity index (χ2v) is 13.3. The molecule has 8 heteroatoms. The van der Waals surface area contributed by atoms with Crippen LogP contribution in [0.2, 0.25) is 0 Å². The average Bonchev–Trinajstić information content (AvgIpc) is 3.02. The van der Waals surface area contributed by atoms with E-state index >= 15 is 0 Å². The van der Waals surface area contributed by atoms with Gasteiger partial charge in [-0.1, -0.05) is 13.8 Å². The molecule has 3 fully saturated rings. The molecule has 200 valence electrons. The summed E-state index contributed by atoms with van der Waals surface area (Å²) in [4.78, 5) is 13.3. The molecule has 10 atom stereocenters. The Bertz CT molecular complexity index is 907. The van der Waals surface area contributed by atoms with Crippen LogP contribution in [0, 0.1) is 22.7 Å². The van der Waals surface area contributed by atoms with Gasteiger partial charge in [0.15, 0.2) is 5.78 Å². The third-order valence-corrected chi connectivity index (χ3v) is 10.7. The maximum atomic E-state index is 13.3. The summed E-state index contributed by atoms with van der Waals surface area (Å²) in [5.74, 6) is -1.44. The zero-order chi connectivity index (χ0) is 26.4. The smallest absolute Gasteiger partial charge is 0.159 e. The third kappa shape index (κ3) is 3.70. The summed E-state index contributed by atoms with van der Waals surface area (Å²) in [6.07, 6.45) is -0.101. The quantitative estimate of drug-likeness (QED) is 0.297. The fourth-order valence-corrected chi connectivity index (χ4v) is 8.27. The molecule has 4 rings (SSSR count). The molecule has 0 aromatic heterocycles. The molecule has 0 amide bonds. The molecule has 0 heterocycles. The maximum Gasteiger partial charge on any atom is 0.159 e. The zero-order valence-corrected chi connectivity index (χ0v) is 21.7. The molecule has 8 nitrogen and oxygen atoms in total. The van der Waals surface area contributed by atoms with Crippen LogP contribution in [0.5, 0.6) is 0 Å². The normalized spacial score (nSPS) is 48.3. The summed E-state index contributed by atoms with van der Waals surface area (Å²) in [6.45, 7) is 8.50. The molecule has 0 spiro atoms. The molecule has 0 radical (unpaired) electrons. The lowest BCUT2D eigenvalue weighted by molar-refractivity contribution is -0.216. The van der Waals surface area contributed by atoms with Gasteiger partial charge in [-0.05, 0) is 89.7 Å². The lowest BCUT2D eigenvalue weighted by Gasteiger charge is -2.64. The second kappa shape index (κ2) is 8.06. The first-order chi connectivity index (χ1) is 15.8. The van der Waals surface area contributed by atoms with E-state index < -0.39 is 63.4 Å². The number of aliphatic hydroxyl groups is 7. The monoisotopic (exact) mass is 496 g/mol. The zero-order valence-electron chi connectivity index (χ0n) is 21.7. The Morgan fingerprint density at radius 2 is 1.60 bits per heavy atom. The van der Waals surface area contributed by atoms with E-state index in [1.807, 2.05) is 6.92 Å². The largest absolute Gasteiger partial charge is 0.390 e. The number of aliphatic hydroxyl groups excluding tert-OH is 3. The number of hydrogen-bond donors (Lipinski definition) is 7. The number of ketones is 1. The van der Waals surface area contributed by atoms with Crippen molar-refractivity contribution in [2.45, 2.75) is 127 Å². The number of rotatable bonds is 5. The van der Waals surface area contributed by atoms with Crippen molar-refractivity contribution in [2.75, 3.05) is 0 Å². The molecular weight excluding hydrogens is 452 g/mol. The van der Waals surface area contributed by atoms with Gasteiger partial charge in [0.05, 0.1) is 40.7 Å². The molecule has 4 aliphatic rings. The van der Waals surface area contributed by atoms with Gasteiger partial charge in [-0.15, -0.1) is 0 Å². The van der Waals surface area contributed by atoms with Crippen LogP contribution < -0.4 is 0 Å². The topological polar surface area (TPSA) is 159 Å². The van der Waals surface area contributed by atoms with Gasteiger partial charge >= 0.3 is 0 Å². The number of carbonyl (C=O) groups is 1. The first-order valence-electron chi connectivity index (χ1n) is 13.0. The van der Waals surface area contributed by atoms with Crippen molar-refractivity contribution < 1.29 is 40.5 Å². The number of allylic oxidation sites excluding steroid dienone is 1. The van der Waals surface area contributed by atoms with Crippen molar-refractivity contribution >= 4 is 5.78 Å². The summed E-state index contributed by atoms with van der Waals surface area (Å²) in [5, 5.41) is 77.6. The molecule has 0 bridgehead atoms. The van der Waals surface area contributed by atoms with Crippen LogP contribution in [0.3, 0.4) is 0 Å². The summed E-state index contributed by atoms with van der Waals surface area (Å²) in [6, 6.07) is 0. The van der Waals surface area contributed by atoms with E-state index in [0.29, 0.717) is 19.3 Å². The molecule has 0 aromatic rings. The average molecular weight is 497 g/mol. The fourth-order valence-electron chi connectivity index (χ4n) is 8.27. The van der Waals surface area contributed by atoms with E-state index in [9.17, 15) is 40.5 Å². The lowest BCUT2D eigenvalue weighted by Crippen LogP contribution is -2.70. The van der Waals surface area contributed by atoms with Crippen molar-refractivity contribution in [1.29, 1.82) is 0 Å². The highest BCUT2D eigenvalue weighted by Crippen LogP contribution is 2.69. The predicted octanol–water partition coefficient (Wildman–Crippen LogP) is 0.969. The SMILES string of the molecule is CC(C)(O)CC[C@@H](O)C(C)(O)[C@@H]1CC[C@@]2(O)C3=CC(=O)[C@@H]4C[C@@H](O)[C@@H](O)C[C@@]4(C)C3(O)CC[C@]12C. The van der Waals surface area contributed by atoms with Crippen LogP contribution in [0.4, 0.5) is 0 Å². The van der Waals surface area contributed by atoms with E-state index in [2.05, 4.69) is 0 Å². The van der Waals surface area contributed by atoms with Crippen molar-refractivity contribution in [3.8, 4) is 0 Å². The Hall–Kier alpha value is -0.870. The summed E-state index contributed by atoms with van der Waals surface area (Å²) in [5.41, 5.74) is -7.38. The van der Waals surface area contributed by atoms with Crippen LogP contribution in [-0.2, 0) is 4.79 Å². The molecule has 0 aliphatic heterocycles. The molecule has 35 heavy (non-hydrogen) atoms. The van der Waals surface area contributed by atoms with E-state index in [1.54, 1.807) is 27.7 Å². The highest BCUT2D eigenvalue weighted by molar-refractivity contribution is 5.95. The van der Waals surface area contributed by atoms with Crippen molar-refractivity contribution in [3.05, 3.63) is 11.6 Å². The first-order valence-corrected chi connectivity index (χ1v) is 13.0. The second-order valence-electron chi connectivity index (χ2n) is 13.3. The summed E-state index contributed by atoms with van der Waals surface area (Å²) in [7, 11) is 0. The third-order valence-electron chi connectivity index (χ3n) is 10.7. The van der Waals surface area contributed by atoms with Gasteiger partial charge in [-0.25, -0.2) is 0 Å². The molecule has 2 unspecified atom stereocenters. The molecule has 7 N–H and O–H groups in total. The van der Waals surface area contributed by atoms with Crippen LogP contribution in [-0.4, -0.2) is 82.2 Å². The van der Waals surface area contributed by atoms with E-state index in [1.165, 1.54) is 6.08 Å². The highest BCUT2D eigenvalue weighted by Gasteiger charge is 2.73. The Morgan fingerprint density at radius 3 is 2.20 bits per heavy atom. The van der Waals surface area contributed by atoms with E-state index in [0.717, 1.165) is 0 Å². The number of hydrogen-bond acceptors (Lipinski definition) is 8. The van der Waals surface area contributed by atoms with Gasteiger partial charge in [-0.2, -0.15) is 0 Å². The van der Waals surface area contributed by atoms with Crippen molar-refractivity contribution in [3.63, 3.8) is 0 Å². The van der Waals surface area contributed by atoms with Crippen LogP contribution in [0.1, 0.15) is 86.0 Å². The standard InChI is InChI=1S/C27H44O8/c1-22(2,32)8-7-21(31)25(5,33)19-6-9-26(34)20-13-16(28)15-12-17(29)18(30)14-24(15,4)27(20,35)11-10-23(19,26)3/h13,15,17-19,21,29-35H,6-12,14H2,1-5H3/t15-,17+,18-,19+,21+,23+,24+,25?,26+,27?/m0/s1. The number of fused-ring (bicyclic) bond motifs is 5. The van der Waals surface area contributed by atoms with E-state index in [4.69, 9.17) is 0 Å². The molecule has 3 saturated carbocycles. The Labute approximate surface area is 207 Å². The minimum Gasteiger partial charge on any atom is -0.390 e. The Balaban J connectivity index is 1.71. The predicted molar refractivity (Wildman–Crippen MR) is 128 cm³/mol. The molecular formula is C27H44O8. The summed E-state index contributed by atoms with van der Waals surface area (Å²) < 4.78 is 0. The van der Waals surface area contributed by atoms with Crippen LogP contribution >= 0.6 is 0 Å². The van der Waals surface area contributed by atoms with Crippen LogP contribution in [0.25, 0.3) is 0 Å². The lowest BCUT2D eigenvalue weighted by atomic mass is 9.43. The highest BCUT2D eigenvalue weighted by atomic mass is 16.3. The maximum absolute atomic E-state index is 13.3. The van der Waals surface area contributed by atoms with Gasteiger partial charge < -0.3 is 35.7 Å². The van der Waals surface area contributed by atoms with E-state index in [-0.39, 0.29) is 43.5 Å². The van der Waals surface area contributed by atoms with Gasteiger partial charge in [0, 0.05) is 16.7 Å². The fraction of sp³-hybridized carbons (Fsp3) is 0.889. The van der Waals surface area contributed by atoms with Crippen LogP contribution in [0.15, 0.2) is 11.6 Å². The molecule has 4 aliphatic carbocycles. The Kier molecular flexibility index (Phi) is 6.26. The van der Waals surface area contributed by atoms with Gasteiger partial charge in [0.25, 0.3) is 0 Å². The Morgan fingerprint density at radius 1 is 1.00 bits per heavy atom. The summed E-state index contributed by atoms with van der Waals surface area (Å²) >= 11 is 0. The minimum atomic E-state index is -1.57. The van der Waals surface area contributed by atoms with Gasteiger partial charge in [0.1, 0.15) is 0 Å². The van der Waals surface area contributed by atoms with Gasteiger partial charge in [0.2, 0.25) is 0 Å². The molecule has 0 saturated heterocycles.